The molecule has 2 heterocycles. The third-order valence-electron chi connectivity index (χ3n) is 4.91. The average molecular weight is 305 g/mol. The number of hydrogen-bond acceptors (Lipinski definition) is 3. The van der Waals surface area contributed by atoms with Crippen molar-refractivity contribution in [2.45, 2.75) is 38.1 Å². The molecular weight excluding hydrogens is 288 g/mol. The molecule has 2 aromatic heterocycles. The summed E-state index contributed by atoms with van der Waals surface area (Å²) in [6, 6.07) is 0.311. The highest BCUT2D eigenvalue weighted by Crippen LogP contribution is 2.43. The number of nitrogens with zero attached hydrogens (tertiary/aromatic N) is 3. The Bertz CT molecular complexity index is 698. The lowest BCUT2D eigenvalue weighted by Gasteiger charge is -2.19. The second kappa shape index (κ2) is 4.98. The van der Waals surface area contributed by atoms with E-state index in [4.69, 9.17) is 11.6 Å². The highest BCUT2D eigenvalue weighted by molar-refractivity contribution is 6.30. The van der Waals surface area contributed by atoms with Crippen LogP contribution in [0.4, 0.5) is 0 Å². The van der Waals surface area contributed by atoms with Crippen molar-refractivity contribution in [1.82, 2.24) is 19.7 Å². The predicted molar refractivity (Wildman–Crippen MR) is 79.3 cm³/mol. The number of imidazole rings is 1. The molecule has 21 heavy (non-hydrogen) atoms. The molecule has 0 saturated heterocycles. The van der Waals surface area contributed by atoms with Crippen LogP contribution in [0.1, 0.15) is 42.6 Å². The number of aromatic nitrogens is 3. The molecule has 0 bridgehead atoms. The second-order valence-corrected chi connectivity index (χ2v) is 6.55. The van der Waals surface area contributed by atoms with Crippen LogP contribution in [0.5, 0.6) is 0 Å². The zero-order valence-corrected chi connectivity index (χ0v) is 12.4. The summed E-state index contributed by atoms with van der Waals surface area (Å²) in [7, 11) is 0. The van der Waals surface area contributed by atoms with Crippen LogP contribution in [0.15, 0.2) is 18.6 Å². The monoisotopic (exact) mass is 304 g/mol. The highest BCUT2D eigenvalue weighted by atomic mass is 35.5. The van der Waals surface area contributed by atoms with Crippen LogP contribution in [0.2, 0.25) is 5.02 Å². The van der Waals surface area contributed by atoms with Crippen LogP contribution < -0.4 is 5.32 Å². The Morgan fingerprint density at radius 1 is 1.29 bits per heavy atom. The predicted octanol–water partition coefficient (Wildman–Crippen LogP) is 2.69. The molecule has 110 valence electrons. The van der Waals surface area contributed by atoms with E-state index >= 15 is 0 Å². The Balaban J connectivity index is 1.53. The molecule has 5 nitrogen and oxygen atoms in total. The van der Waals surface area contributed by atoms with E-state index in [2.05, 4.69) is 15.3 Å². The summed E-state index contributed by atoms with van der Waals surface area (Å²) in [5.74, 6) is 1.87. The normalized spacial score (nSPS) is 28.0. The van der Waals surface area contributed by atoms with Gasteiger partial charge in [-0.3, -0.25) is 9.20 Å². The minimum Gasteiger partial charge on any atom is -0.348 e. The molecule has 0 unspecified atom stereocenters. The summed E-state index contributed by atoms with van der Waals surface area (Å²) in [6.07, 6.45) is 11.1. The van der Waals surface area contributed by atoms with Crippen molar-refractivity contribution in [2.75, 3.05) is 0 Å². The maximum Gasteiger partial charge on any atom is 0.271 e. The number of hydrogen-bond donors (Lipinski definition) is 1. The fraction of sp³-hybridized carbons (Fsp3) is 0.533. The Labute approximate surface area is 127 Å². The smallest absolute Gasteiger partial charge is 0.271 e. The third-order valence-corrected chi connectivity index (χ3v) is 5.11. The zero-order valence-electron chi connectivity index (χ0n) is 11.6. The number of carbonyl (C=O) groups excluding carboxylic acids is 1. The van der Waals surface area contributed by atoms with Gasteiger partial charge in [0.25, 0.3) is 5.91 Å². The third kappa shape index (κ3) is 2.29. The molecule has 2 aromatic rings. The zero-order chi connectivity index (χ0) is 14.4. The fourth-order valence-corrected chi connectivity index (χ4v) is 4.11. The highest BCUT2D eigenvalue weighted by Gasteiger charge is 2.39. The number of halogens is 1. The first kappa shape index (κ1) is 13.1. The molecule has 2 fully saturated rings. The summed E-state index contributed by atoms with van der Waals surface area (Å²) in [6.45, 7) is 0. The Morgan fingerprint density at radius 2 is 2.19 bits per heavy atom. The van der Waals surface area contributed by atoms with Gasteiger partial charge in [-0.2, -0.15) is 0 Å². The van der Waals surface area contributed by atoms with E-state index in [-0.39, 0.29) is 5.91 Å². The van der Waals surface area contributed by atoms with Gasteiger partial charge >= 0.3 is 0 Å². The molecule has 6 heteroatoms. The van der Waals surface area contributed by atoms with Crippen molar-refractivity contribution in [3.8, 4) is 0 Å². The standard InChI is InChI=1S/C15H17ClN4O/c16-10-6-17-15-19-13(8-20(15)7-10)14(21)18-12-5-4-9-2-1-3-11(9)12/h6-9,11-12H,1-5H2,(H,18,21)/t9-,11-,12-/m1/s1. The molecule has 0 aromatic carbocycles. The lowest BCUT2D eigenvalue weighted by atomic mass is 9.97. The minimum absolute atomic E-state index is 0.103. The number of rotatable bonds is 2. The van der Waals surface area contributed by atoms with E-state index in [9.17, 15) is 4.79 Å². The van der Waals surface area contributed by atoms with Gasteiger partial charge in [0.1, 0.15) is 5.69 Å². The van der Waals surface area contributed by atoms with Gasteiger partial charge < -0.3 is 5.32 Å². The van der Waals surface area contributed by atoms with E-state index in [0.717, 1.165) is 12.3 Å². The van der Waals surface area contributed by atoms with Crippen molar-refractivity contribution in [1.29, 1.82) is 0 Å². The van der Waals surface area contributed by atoms with E-state index in [1.807, 2.05) is 0 Å². The van der Waals surface area contributed by atoms with Crippen LogP contribution in [0.3, 0.4) is 0 Å². The maximum absolute atomic E-state index is 12.4. The largest absolute Gasteiger partial charge is 0.348 e. The molecule has 3 atom stereocenters. The van der Waals surface area contributed by atoms with Gasteiger partial charge in [0.2, 0.25) is 5.78 Å². The number of carbonyl (C=O) groups is 1. The molecule has 2 saturated carbocycles. The minimum atomic E-state index is -0.103. The van der Waals surface area contributed by atoms with Crippen molar-refractivity contribution >= 4 is 23.3 Å². The second-order valence-electron chi connectivity index (χ2n) is 6.12. The number of fused-ring (bicyclic) bond motifs is 2. The molecule has 0 aliphatic heterocycles. The van der Waals surface area contributed by atoms with Gasteiger partial charge in [0.05, 0.1) is 11.2 Å². The molecular formula is C15H17ClN4O. The lowest BCUT2D eigenvalue weighted by Crippen LogP contribution is -2.37. The summed E-state index contributed by atoms with van der Waals surface area (Å²) in [5.41, 5.74) is 0.409. The summed E-state index contributed by atoms with van der Waals surface area (Å²) < 4.78 is 1.68. The lowest BCUT2D eigenvalue weighted by molar-refractivity contribution is 0.0922. The topological polar surface area (TPSA) is 59.3 Å². The van der Waals surface area contributed by atoms with Crippen molar-refractivity contribution in [3.05, 3.63) is 29.3 Å². The SMILES string of the molecule is O=C(N[C@@H]1CC[C@H]2CCC[C@H]21)c1cn2cc(Cl)cnc2n1. The van der Waals surface area contributed by atoms with E-state index in [1.54, 1.807) is 16.8 Å². The van der Waals surface area contributed by atoms with Crippen molar-refractivity contribution in [2.24, 2.45) is 11.8 Å². The fourth-order valence-electron chi connectivity index (χ4n) is 3.95. The molecule has 1 N–H and O–H groups in total. The first-order valence-electron chi connectivity index (χ1n) is 7.52. The molecule has 0 radical (unpaired) electrons. The van der Waals surface area contributed by atoms with Gasteiger partial charge in [0, 0.05) is 18.4 Å². The first-order valence-corrected chi connectivity index (χ1v) is 7.89. The summed E-state index contributed by atoms with van der Waals surface area (Å²) >= 11 is 5.89. The van der Waals surface area contributed by atoms with Gasteiger partial charge in [-0.25, -0.2) is 9.97 Å². The Morgan fingerprint density at radius 3 is 3.10 bits per heavy atom. The van der Waals surface area contributed by atoms with Crippen LogP contribution in [0.25, 0.3) is 5.78 Å². The molecule has 1 amide bonds. The Kier molecular flexibility index (Phi) is 3.10. The molecule has 2 aliphatic carbocycles. The molecule has 4 rings (SSSR count). The quantitative estimate of drug-likeness (QED) is 0.928. The van der Waals surface area contributed by atoms with Crippen LogP contribution in [0, 0.1) is 11.8 Å². The Hall–Kier alpha value is -1.62. The van der Waals surface area contributed by atoms with E-state index in [0.29, 0.717) is 28.5 Å². The van der Waals surface area contributed by atoms with Gasteiger partial charge in [0.15, 0.2) is 0 Å². The molecule has 0 spiro atoms. The number of amides is 1. The summed E-state index contributed by atoms with van der Waals surface area (Å²) in [5, 5.41) is 3.69. The first-order chi connectivity index (χ1) is 10.2. The average Bonchev–Trinajstić information content (AvgIpc) is 3.14. The van der Waals surface area contributed by atoms with Gasteiger partial charge in [-0.15, -0.1) is 0 Å². The maximum atomic E-state index is 12.4. The van der Waals surface area contributed by atoms with Gasteiger partial charge in [-0.1, -0.05) is 24.4 Å². The van der Waals surface area contributed by atoms with Crippen LogP contribution in [-0.2, 0) is 0 Å². The summed E-state index contributed by atoms with van der Waals surface area (Å²) in [4.78, 5) is 20.8. The van der Waals surface area contributed by atoms with Crippen molar-refractivity contribution < 1.29 is 4.79 Å². The van der Waals surface area contributed by atoms with E-state index < -0.39 is 0 Å². The van der Waals surface area contributed by atoms with E-state index in [1.165, 1.54) is 31.9 Å². The van der Waals surface area contributed by atoms with Crippen molar-refractivity contribution in [3.63, 3.8) is 0 Å². The number of nitrogens with one attached hydrogen (secondary N) is 1. The molecule has 2 aliphatic rings. The van der Waals surface area contributed by atoms with Crippen LogP contribution >= 0.6 is 11.6 Å². The van der Waals surface area contributed by atoms with Crippen LogP contribution in [-0.4, -0.2) is 26.3 Å². The van der Waals surface area contributed by atoms with Gasteiger partial charge in [-0.05, 0) is 31.1 Å².